The van der Waals surface area contributed by atoms with Crippen LogP contribution < -0.4 is 0 Å². The number of rotatable bonds is 32. The average molecular weight is 583 g/mol. The Kier molecular flexibility index (Phi) is 29.0. The van der Waals surface area contributed by atoms with Crippen LogP contribution in [0.1, 0.15) is 116 Å². The van der Waals surface area contributed by atoms with E-state index in [0.29, 0.717) is 33.0 Å². The summed E-state index contributed by atoms with van der Waals surface area (Å²) in [4.78, 5) is 0. The van der Waals surface area contributed by atoms with E-state index in [4.69, 9.17) is 23.7 Å². The molecule has 0 saturated heterocycles. The summed E-state index contributed by atoms with van der Waals surface area (Å²) < 4.78 is 54.0. The lowest BCUT2D eigenvalue weighted by molar-refractivity contribution is -0.0689. The van der Waals surface area contributed by atoms with Gasteiger partial charge in [-0.15, -0.1) is 0 Å². The van der Waals surface area contributed by atoms with E-state index in [9.17, 15) is 8.42 Å². The summed E-state index contributed by atoms with van der Waals surface area (Å²) in [7, 11) is -0.0338. The Morgan fingerprint density at radius 1 is 0.513 bits per heavy atom. The van der Waals surface area contributed by atoms with E-state index in [1.165, 1.54) is 103 Å². The molecule has 0 amide bonds. The second-order valence-electron chi connectivity index (χ2n) is 10.6. The van der Waals surface area contributed by atoms with Crippen molar-refractivity contribution in [2.45, 2.75) is 128 Å². The zero-order chi connectivity index (χ0) is 28.9. The molecule has 0 aromatic carbocycles. The summed E-state index contributed by atoms with van der Waals surface area (Å²) in [6.07, 6.45) is 24.0. The largest absolute Gasteiger partial charge is 0.379 e. The lowest BCUT2D eigenvalue weighted by Gasteiger charge is -2.19. The molecule has 0 heterocycles. The first-order valence-corrected chi connectivity index (χ1v) is 17.4. The predicted molar refractivity (Wildman–Crippen MR) is 159 cm³/mol. The molecule has 0 aliphatic rings. The van der Waals surface area contributed by atoms with Gasteiger partial charge in [0.2, 0.25) is 0 Å². The third-order valence-electron chi connectivity index (χ3n) is 6.85. The molecule has 0 aromatic rings. The first-order valence-electron chi connectivity index (χ1n) is 15.6. The van der Waals surface area contributed by atoms with Crippen molar-refractivity contribution in [3.63, 3.8) is 0 Å². The highest BCUT2D eigenvalue weighted by molar-refractivity contribution is 7.85. The first-order chi connectivity index (χ1) is 18.9. The Balaban J connectivity index is 3.53. The molecule has 39 heavy (non-hydrogen) atoms. The lowest BCUT2D eigenvalue weighted by Crippen LogP contribution is -2.28. The predicted octanol–water partition coefficient (Wildman–Crippen LogP) is 6.69. The molecule has 0 spiro atoms. The maximum absolute atomic E-state index is 10.9. The van der Waals surface area contributed by atoms with Crippen molar-refractivity contribution in [2.24, 2.45) is 0 Å². The minimum absolute atomic E-state index is 0.00742. The molecular formula is C30H62O8S. The van der Waals surface area contributed by atoms with Crippen LogP contribution in [0.3, 0.4) is 0 Å². The molecule has 2 atom stereocenters. The van der Waals surface area contributed by atoms with Crippen LogP contribution in [0.2, 0.25) is 0 Å². The third-order valence-corrected chi connectivity index (χ3v) is 7.45. The summed E-state index contributed by atoms with van der Waals surface area (Å²) in [6.45, 7) is 4.63. The van der Waals surface area contributed by atoms with Gasteiger partial charge in [0.05, 0.1) is 58.6 Å². The fraction of sp³-hybridized carbons (Fsp3) is 1.00. The molecule has 9 heteroatoms. The van der Waals surface area contributed by atoms with Gasteiger partial charge in [-0.1, -0.05) is 110 Å². The molecule has 236 valence electrons. The summed E-state index contributed by atoms with van der Waals surface area (Å²) in [5.41, 5.74) is 0. The van der Waals surface area contributed by atoms with Crippen molar-refractivity contribution in [3.8, 4) is 0 Å². The quantitative estimate of drug-likeness (QED) is 0.0640. The van der Waals surface area contributed by atoms with E-state index in [-0.39, 0.29) is 25.4 Å². The first kappa shape index (κ1) is 38.7. The Morgan fingerprint density at radius 3 is 1.41 bits per heavy atom. The fourth-order valence-corrected chi connectivity index (χ4v) is 4.75. The molecule has 0 N–H and O–H groups in total. The van der Waals surface area contributed by atoms with Gasteiger partial charge in [0.15, 0.2) is 0 Å². The normalized spacial score (nSPS) is 13.6. The molecule has 0 fully saturated rings. The molecule has 0 aromatic heterocycles. The molecule has 2 unspecified atom stereocenters. The van der Waals surface area contributed by atoms with Crippen molar-refractivity contribution in [1.82, 2.24) is 0 Å². The summed E-state index contributed by atoms with van der Waals surface area (Å²) >= 11 is 0. The SMILES string of the molecule is CCCCCCCCCCCCCCCCCCC(COCC(COCCOCCOS(C)(=O)=O)OC)OC. The van der Waals surface area contributed by atoms with Crippen molar-refractivity contribution in [3.05, 3.63) is 0 Å². The van der Waals surface area contributed by atoms with E-state index >= 15 is 0 Å². The molecule has 0 aliphatic heterocycles. The number of hydrogen-bond acceptors (Lipinski definition) is 8. The van der Waals surface area contributed by atoms with Gasteiger partial charge in [-0.3, -0.25) is 4.18 Å². The molecule has 0 aliphatic carbocycles. The molecule has 8 nitrogen and oxygen atoms in total. The highest BCUT2D eigenvalue weighted by Gasteiger charge is 2.12. The van der Waals surface area contributed by atoms with Crippen molar-refractivity contribution < 1.29 is 36.3 Å². The van der Waals surface area contributed by atoms with E-state index < -0.39 is 10.1 Å². The van der Waals surface area contributed by atoms with Crippen LogP contribution in [-0.2, 0) is 38.0 Å². The van der Waals surface area contributed by atoms with Crippen LogP contribution in [0.5, 0.6) is 0 Å². The lowest BCUT2D eigenvalue weighted by atomic mass is 10.0. The van der Waals surface area contributed by atoms with Crippen molar-refractivity contribution >= 4 is 10.1 Å². The monoisotopic (exact) mass is 582 g/mol. The van der Waals surface area contributed by atoms with Crippen molar-refractivity contribution in [2.75, 3.05) is 66.7 Å². The minimum Gasteiger partial charge on any atom is -0.379 e. The summed E-state index contributed by atoms with van der Waals surface area (Å²) in [5, 5.41) is 0. The summed E-state index contributed by atoms with van der Waals surface area (Å²) in [6, 6.07) is 0. The van der Waals surface area contributed by atoms with Crippen LogP contribution in [-0.4, -0.2) is 87.3 Å². The Labute approximate surface area is 241 Å². The number of hydrogen-bond donors (Lipinski definition) is 0. The highest BCUT2D eigenvalue weighted by Crippen LogP contribution is 2.15. The van der Waals surface area contributed by atoms with Crippen LogP contribution in [0.15, 0.2) is 0 Å². The standard InChI is InChI=1S/C30H62O8S/c1-5-6-7-8-9-10-11-12-13-14-15-16-17-18-19-20-21-29(33-2)26-37-28-30(34-3)27-36-23-22-35-24-25-38-39(4,31)32/h29-30H,5-28H2,1-4H3. The average Bonchev–Trinajstić information content (AvgIpc) is 2.91. The fourth-order valence-electron chi connectivity index (χ4n) is 4.38. The third kappa shape index (κ3) is 30.5. The van der Waals surface area contributed by atoms with Crippen LogP contribution in [0, 0.1) is 0 Å². The second-order valence-corrected chi connectivity index (χ2v) is 12.2. The van der Waals surface area contributed by atoms with Gasteiger partial charge in [-0.05, 0) is 6.42 Å². The number of unbranched alkanes of at least 4 members (excludes halogenated alkanes) is 15. The van der Waals surface area contributed by atoms with E-state index in [1.54, 1.807) is 14.2 Å². The molecule has 0 bridgehead atoms. The molecule has 0 rings (SSSR count). The zero-order valence-electron chi connectivity index (χ0n) is 25.8. The zero-order valence-corrected chi connectivity index (χ0v) is 26.6. The molecule has 0 saturated carbocycles. The second kappa shape index (κ2) is 29.2. The number of methoxy groups -OCH3 is 2. The minimum atomic E-state index is -3.42. The Morgan fingerprint density at radius 2 is 0.923 bits per heavy atom. The van der Waals surface area contributed by atoms with Gasteiger partial charge >= 0.3 is 0 Å². The maximum atomic E-state index is 10.9. The van der Waals surface area contributed by atoms with Gasteiger partial charge < -0.3 is 23.7 Å². The van der Waals surface area contributed by atoms with Gasteiger partial charge in [-0.2, -0.15) is 8.42 Å². The maximum Gasteiger partial charge on any atom is 0.264 e. The molecule has 0 radical (unpaired) electrons. The Bertz CT molecular complexity index is 588. The number of ether oxygens (including phenoxy) is 5. The van der Waals surface area contributed by atoms with Crippen LogP contribution in [0.4, 0.5) is 0 Å². The summed E-state index contributed by atoms with van der Waals surface area (Å²) in [5.74, 6) is 0. The van der Waals surface area contributed by atoms with E-state index in [0.717, 1.165) is 12.7 Å². The smallest absolute Gasteiger partial charge is 0.264 e. The topological polar surface area (TPSA) is 89.5 Å². The van der Waals surface area contributed by atoms with E-state index in [1.807, 2.05) is 0 Å². The van der Waals surface area contributed by atoms with Gasteiger partial charge in [-0.25, -0.2) is 0 Å². The van der Waals surface area contributed by atoms with Gasteiger partial charge in [0, 0.05) is 14.2 Å². The Hall–Kier alpha value is -0.290. The van der Waals surface area contributed by atoms with Crippen LogP contribution in [0.25, 0.3) is 0 Å². The van der Waals surface area contributed by atoms with Crippen LogP contribution >= 0.6 is 0 Å². The van der Waals surface area contributed by atoms with E-state index in [2.05, 4.69) is 11.1 Å². The highest BCUT2D eigenvalue weighted by atomic mass is 32.2. The van der Waals surface area contributed by atoms with Gasteiger partial charge in [0.1, 0.15) is 6.10 Å². The van der Waals surface area contributed by atoms with Gasteiger partial charge in [0.25, 0.3) is 10.1 Å². The van der Waals surface area contributed by atoms with Crippen molar-refractivity contribution in [1.29, 1.82) is 0 Å². The molecular weight excluding hydrogens is 520 g/mol.